The fourth-order valence-corrected chi connectivity index (χ4v) is 8.11. The molecule has 1 saturated carbocycles. The maximum absolute atomic E-state index is 12.9. The van der Waals surface area contributed by atoms with Gasteiger partial charge >= 0.3 is 13.8 Å². The van der Waals surface area contributed by atoms with Crippen molar-refractivity contribution in [2.75, 3.05) is 19.8 Å². The number of aliphatic hydroxyl groups is 5. The number of aliphatic hydroxyl groups excluding tert-OH is 5. The van der Waals surface area contributed by atoms with Gasteiger partial charge in [-0.05, 0) is 96.3 Å². The highest BCUT2D eigenvalue weighted by Crippen LogP contribution is 2.47. The predicted molar refractivity (Wildman–Crippen MR) is 276 cm³/mol. The number of unbranched alkanes of at least 4 members (excludes halogenated alkanes) is 12. The number of phosphoric acid groups is 1. The summed E-state index contributed by atoms with van der Waals surface area (Å²) in [4.78, 5) is 23.3. The number of phosphoric ester groups is 1. The molecule has 12 nitrogen and oxygen atoms in total. The van der Waals surface area contributed by atoms with Crippen LogP contribution in [0.2, 0.25) is 0 Å². The largest absolute Gasteiger partial charge is 0.472 e. The van der Waals surface area contributed by atoms with E-state index in [0.717, 1.165) is 141 Å². The van der Waals surface area contributed by atoms with Gasteiger partial charge in [-0.15, -0.1) is 0 Å². The van der Waals surface area contributed by atoms with Crippen molar-refractivity contribution in [3.05, 3.63) is 109 Å². The lowest BCUT2D eigenvalue weighted by Crippen LogP contribution is -2.64. The molecule has 388 valence electrons. The van der Waals surface area contributed by atoms with Gasteiger partial charge in [0.1, 0.15) is 42.7 Å². The zero-order chi connectivity index (χ0) is 49.8. The van der Waals surface area contributed by atoms with Crippen LogP contribution in [0.3, 0.4) is 0 Å². The summed E-state index contributed by atoms with van der Waals surface area (Å²) in [5.41, 5.74) is 0. The van der Waals surface area contributed by atoms with Crippen LogP contribution in [-0.4, -0.2) is 98.9 Å². The summed E-state index contributed by atoms with van der Waals surface area (Å²) in [6.45, 7) is 3.97. The molecule has 0 aromatic rings. The molecule has 0 aromatic carbocycles. The fraction of sp³-hybridized carbons (Fsp3) is 0.655. The van der Waals surface area contributed by atoms with Crippen LogP contribution in [0.15, 0.2) is 109 Å². The summed E-state index contributed by atoms with van der Waals surface area (Å²) < 4.78 is 34.3. The highest BCUT2D eigenvalue weighted by molar-refractivity contribution is 7.47. The highest BCUT2D eigenvalue weighted by Gasteiger charge is 2.51. The van der Waals surface area contributed by atoms with Crippen molar-refractivity contribution in [1.82, 2.24) is 0 Å². The first-order valence-corrected chi connectivity index (χ1v) is 27.2. The number of esters is 1. The highest BCUT2D eigenvalue weighted by atomic mass is 31.2. The van der Waals surface area contributed by atoms with Gasteiger partial charge < -0.3 is 39.9 Å². The minimum atomic E-state index is -5.04. The predicted octanol–water partition coefficient (Wildman–Crippen LogP) is 11.6. The van der Waals surface area contributed by atoms with Gasteiger partial charge in [0, 0.05) is 13.0 Å². The molecule has 0 amide bonds. The Morgan fingerprint density at radius 2 is 0.824 bits per heavy atom. The Balaban J connectivity index is 2.38. The average molecular weight is 975 g/mol. The molecule has 1 aliphatic carbocycles. The molecular weight excluding hydrogens is 884 g/mol. The van der Waals surface area contributed by atoms with E-state index in [0.29, 0.717) is 13.0 Å². The molecule has 1 rings (SSSR count). The molecular formula is C55H91O12P. The van der Waals surface area contributed by atoms with Crippen LogP contribution in [0.1, 0.15) is 168 Å². The quantitative estimate of drug-likeness (QED) is 0.0147. The third kappa shape index (κ3) is 35.2. The Hall–Kier alpha value is -3.00. The van der Waals surface area contributed by atoms with E-state index in [9.17, 15) is 39.8 Å². The van der Waals surface area contributed by atoms with Crippen molar-refractivity contribution in [1.29, 1.82) is 0 Å². The maximum atomic E-state index is 12.9. The van der Waals surface area contributed by atoms with Gasteiger partial charge in [0.05, 0.1) is 13.2 Å². The molecule has 0 bridgehead atoms. The molecule has 1 fully saturated rings. The van der Waals surface area contributed by atoms with Gasteiger partial charge in [0.15, 0.2) is 0 Å². The van der Waals surface area contributed by atoms with Crippen molar-refractivity contribution in [3.63, 3.8) is 0 Å². The standard InChI is InChI=1S/C55H91O12P/c1-3-5-7-9-11-13-15-17-19-21-23-24-25-26-27-28-30-32-34-36-38-40-42-44-49(56)66-48(47-65-68(62,63)67-55-53(60)51(58)50(57)52(59)54(55)61)46-64-45-43-41-39-37-35-33-31-29-22-20-18-16-14-12-10-8-6-4-2/h5-8,11-14,17-20,23-24,26-27,29,31,48,50-55,57-61H,3-4,9-10,15-16,21-22,25,28,30,32-47H2,1-2H3,(H,62,63)/b7-5-,8-6-,13-11-,14-12-,19-17-,20-18-,24-23-,27-26-,31-29-. The van der Waals surface area contributed by atoms with Crippen LogP contribution in [0, 0.1) is 0 Å². The molecule has 1 aliphatic rings. The Morgan fingerprint density at radius 3 is 1.25 bits per heavy atom. The molecule has 0 aromatic heterocycles. The third-order valence-electron chi connectivity index (χ3n) is 11.1. The van der Waals surface area contributed by atoms with E-state index in [1.807, 2.05) is 0 Å². The number of allylic oxidation sites excluding steroid dienone is 18. The molecule has 0 saturated heterocycles. The van der Waals surface area contributed by atoms with E-state index in [1.165, 1.54) is 0 Å². The molecule has 6 atom stereocenters. The molecule has 13 heteroatoms. The summed E-state index contributed by atoms with van der Waals surface area (Å²) in [5.74, 6) is -0.500. The number of hydrogen-bond acceptors (Lipinski definition) is 11. The minimum absolute atomic E-state index is 0.102. The van der Waals surface area contributed by atoms with E-state index in [1.54, 1.807) is 0 Å². The van der Waals surface area contributed by atoms with Crippen molar-refractivity contribution in [2.24, 2.45) is 0 Å². The molecule has 6 N–H and O–H groups in total. The molecule has 0 aliphatic heterocycles. The summed E-state index contributed by atoms with van der Waals surface area (Å²) >= 11 is 0. The third-order valence-corrected chi connectivity index (χ3v) is 12.1. The van der Waals surface area contributed by atoms with Crippen LogP contribution in [0.25, 0.3) is 0 Å². The smallest absolute Gasteiger partial charge is 0.457 e. The van der Waals surface area contributed by atoms with Crippen molar-refractivity contribution in [2.45, 2.75) is 211 Å². The van der Waals surface area contributed by atoms with E-state index < -0.39 is 63.1 Å². The average Bonchev–Trinajstić information content (AvgIpc) is 3.32. The van der Waals surface area contributed by atoms with Crippen molar-refractivity contribution >= 4 is 13.8 Å². The number of carbonyl (C=O) groups is 1. The van der Waals surface area contributed by atoms with E-state index in [4.69, 9.17) is 18.5 Å². The summed E-state index contributed by atoms with van der Waals surface area (Å²) in [5, 5.41) is 50.3. The molecule has 0 heterocycles. The van der Waals surface area contributed by atoms with Gasteiger partial charge in [-0.1, -0.05) is 175 Å². The first-order chi connectivity index (χ1) is 33.0. The Kier molecular flexibility index (Phi) is 40.8. The van der Waals surface area contributed by atoms with Crippen molar-refractivity contribution in [3.8, 4) is 0 Å². The van der Waals surface area contributed by atoms with E-state index >= 15 is 0 Å². The van der Waals surface area contributed by atoms with Crippen LogP contribution in [0.5, 0.6) is 0 Å². The van der Waals surface area contributed by atoms with Crippen LogP contribution in [0.4, 0.5) is 0 Å². The second kappa shape index (κ2) is 44.0. The summed E-state index contributed by atoms with van der Waals surface area (Å²) in [7, 11) is -5.04. The molecule has 6 unspecified atom stereocenters. The maximum Gasteiger partial charge on any atom is 0.472 e. The number of hydrogen-bond donors (Lipinski definition) is 6. The van der Waals surface area contributed by atoms with E-state index in [-0.39, 0.29) is 13.0 Å². The molecule has 0 radical (unpaired) electrons. The number of carbonyl (C=O) groups excluding carboxylic acids is 1. The van der Waals surface area contributed by atoms with E-state index in [2.05, 4.69) is 123 Å². The Morgan fingerprint density at radius 1 is 0.471 bits per heavy atom. The minimum Gasteiger partial charge on any atom is -0.457 e. The monoisotopic (exact) mass is 975 g/mol. The molecule has 0 spiro atoms. The topological polar surface area (TPSA) is 192 Å². The summed E-state index contributed by atoms with van der Waals surface area (Å²) in [6, 6.07) is 0. The number of rotatable bonds is 42. The van der Waals surface area contributed by atoms with Crippen LogP contribution >= 0.6 is 7.82 Å². The van der Waals surface area contributed by atoms with Crippen LogP contribution < -0.4 is 0 Å². The Labute approximate surface area is 410 Å². The summed E-state index contributed by atoms with van der Waals surface area (Å²) in [6.07, 6.45) is 50.0. The SMILES string of the molecule is CC/C=C\C/C=C\C/C=C\C/C=C\C/C=C\CCCCCCCCCC(=O)OC(COCCCCCCC/C=C\C/C=C\C/C=C\C/C=C\CC)COP(=O)(O)OC1C(O)C(O)C(O)C(O)C1O. The first kappa shape index (κ1) is 63.0. The first-order valence-electron chi connectivity index (χ1n) is 25.7. The zero-order valence-corrected chi connectivity index (χ0v) is 42.5. The lowest BCUT2D eigenvalue weighted by Gasteiger charge is -2.41. The van der Waals surface area contributed by atoms with Crippen LogP contribution in [-0.2, 0) is 27.9 Å². The lowest BCUT2D eigenvalue weighted by atomic mass is 9.85. The van der Waals surface area contributed by atoms with Gasteiger partial charge in [0.25, 0.3) is 0 Å². The van der Waals surface area contributed by atoms with Gasteiger partial charge in [-0.3, -0.25) is 13.8 Å². The van der Waals surface area contributed by atoms with Gasteiger partial charge in [-0.25, -0.2) is 4.57 Å². The van der Waals surface area contributed by atoms with Gasteiger partial charge in [0.2, 0.25) is 0 Å². The second-order valence-electron chi connectivity index (χ2n) is 17.3. The van der Waals surface area contributed by atoms with Gasteiger partial charge in [-0.2, -0.15) is 0 Å². The second-order valence-corrected chi connectivity index (χ2v) is 18.7. The normalized spacial score (nSPS) is 22.1. The number of ether oxygens (including phenoxy) is 2. The Bertz CT molecular complexity index is 1530. The fourth-order valence-electron chi connectivity index (χ4n) is 7.14. The lowest BCUT2D eigenvalue weighted by molar-refractivity contribution is -0.220. The zero-order valence-electron chi connectivity index (χ0n) is 41.6. The van der Waals surface area contributed by atoms with Crippen molar-refractivity contribution < 1.29 is 58.3 Å². The molecule has 68 heavy (non-hydrogen) atoms.